The average Bonchev–Trinajstić information content (AvgIpc) is 3.42. The molecule has 1 saturated carbocycles. The summed E-state index contributed by atoms with van der Waals surface area (Å²) in [6, 6.07) is 8.11. The smallest absolute Gasteiger partial charge is 0.343 e. The summed E-state index contributed by atoms with van der Waals surface area (Å²) in [5, 5.41) is 3.52. The van der Waals surface area contributed by atoms with Crippen molar-refractivity contribution in [1.82, 2.24) is 10.2 Å². The Morgan fingerprint density at radius 1 is 1.12 bits per heavy atom. The van der Waals surface area contributed by atoms with Gasteiger partial charge in [-0.05, 0) is 43.7 Å². The molecule has 1 amide bonds. The number of hydrogen-bond acceptors (Lipinski definition) is 2. The van der Waals surface area contributed by atoms with Crippen molar-refractivity contribution in [2.75, 3.05) is 19.6 Å². The lowest BCUT2D eigenvalue weighted by molar-refractivity contribution is -0.161. The number of alkyl halides is 3. The normalized spacial score (nSPS) is 20.5. The maximum Gasteiger partial charge on any atom is 0.396 e. The minimum Gasteiger partial charge on any atom is -0.343 e. The third kappa shape index (κ3) is 5.21. The van der Waals surface area contributed by atoms with Crippen LogP contribution in [-0.4, -0.2) is 42.7 Å². The molecule has 1 aromatic carbocycles. The molecule has 3 rings (SSSR count). The Labute approximate surface area is 146 Å². The van der Waals surface area contributed by atoms with Crippen LogP contribution < -0.4 is 5.32 Å². The van der Waals surface area contributed by atoms with Crippen molar-refractivity contribution in [2.45, 2.75) is 50.2 Å². The molecule has 2 fully saturated rings. The lowest BCUT2D eigenvalue weighted by Crippen LogP contribution is -2.46. The molecule has 3 nitrogen and oxygen atoms in total. The van der Waals surface area contributed by atoms with Crippen molar-refractivity contribution in [3.05, 3.63) is 35.9 Å². The minimum atomic E-state index is -4.42. The van der Waals surface area contributed by atoms with Crippen LogP contribution in [0, 0.1) is 5.92 Å². The van der Waals surface area contributed by atoms with Gasteiger partial charge in [-0.3, -0.25) is 4.79 Å². The summed E-state index contributed by atoms with van der Waals surface area (Å²) in [4.78, 5) is 14.0. The van der Waals surface area contributed by atoms with Crippen molar-refractivity contribution in [1.29, 1.82) is 0 Å². The maximum atomic E-state index is 13.4. The Balaban J connectivity index is 1.53. The first-order chi connectivity index (χ1) is 11.9. The number of amides is 1. The van der Waals surface area contributed by atoms with Crippen LogP contribution in [0.4, 0.5) is 13.2 Å². The van der Waals surface area contributed by atoms with Crippen LogP contribution in [0.25, 0.3) is 0 Å². The van der Waals surface area contributed by atoms with E-state index in [0.29, 0.717) is 19.1 Å². The molecule has 1 saturated heterocycles. The number of nitrogens with zero attached hydrogens (tertiary/aromatic N) is 1. The molecule has 0 spiro atoms. The van der Waals surface area contributed by atoms with Gasteiger partial charge in [0.15, 0.2) is 0 Å². The van der Waals surface area contributed by atoms with Gasteiger partial charge in [0, 0.05) is 25.6 Å². The van der Waals surface area contributed by atoms with Gasteiger partial charge in [0.05, 0.1) is 5.92 Å². The highest BCUT2D eigenvalue weighted by atomic mass is 19.4. The number of piperidine rings is 1. The molecular weight excluding hydrogens is 329 g/mol. The molecule has 1 heterocycles. The summed E-state index contributed by atoms with van der Waals surface area (Å²) in [6.45, 7) is 2.11. The summed E-state index contributed by atoms with van der Waals surface area (Å²) in [5.41, 5.74) is 0.157. The van der Waals surface area contributed by atoms with Gasteiger partial charge in [0.25, 0.3) is 0 Å². The fourth-order valence-electron chi connectivity index (χ4n) is 3.40. The molecule has 138 valence electrons. The SMILES string of the molecule is O=C(CC(c1ccccc1)C(F)(F)F)N1CCC(NCC2CC2)CC1. The molecule has 1 N–H and O–H groups in total. The Morgan fingerprint density at radius 3 is 2.32 bits per heavy atom. The summed E-state index contributed by atoms with van der Waals surface area (Å²) in [5.74, 6) is -1.32. The first-order valence-electron chi connectivity index (χ1n) is 9.06. The zero-order chi connectivity index (χ0) is 17.9. The number of halogens is 3. The lowest BCUT2D eigenvalue weighted by atomic mass is 9.94. The predicted octanol–water partition coefficient (Wildman–Crippen LogP) is 3.71. The van der Waals surface area contributed by atoms with Gasteiger partial charge < -0.3 is 10.2 Å². The average molecular weight is 354 g/mol. The highest BCUT2D eigenvalue weighted by molar-refractivity contribution is 5.77. The van der Waals surface area contributed by atoms with Gasteiger partial charge in [-0.1, -0.05) is 30.3 Å². The van der Waals surface area contributed by atoms with Gasteiger partial charge in [0.1, 0.15) is 0 Å². The fourth-order valence-corrected chi connectivity index (χ4v) is 3.40. The number of nitrogens with one attached hydrogen (secondary N) is 1. The molecule has 25 heavy (non-hydrogen) atoms. The van der Waals surface area contributed by atoms with E-state index in [1.165, 1.54) is 25.0 Å². The second kappa shape index (κ2) is 7.77. The number of carbonyl (C=O) groups is 1. The molecular formula is C19H25F3N2O. The van der Waals surface area contributed by atoms with E-state index in [1.54, 1.807) is 23.1 Å². The standard InChI is InChI=1S/C19H25F3N2O/c20-19(21,22)17(15-4-2-1-3-5-15)12-18(25)24-10-8-16(9-11-24)23-13-14-6-7-14/h1-5,14,16-17,23H,6-13H2. The van der Waals surface area contributed by atoms with Crippen molar-refractivity contribution >= 4 is 5.91 Å². The highest BCUT2D eigenvalue weighted by Gasteiger charge is 2.42. The zero-order valence-corrected chi connectivity index (χ0v) is 14.3. The largest absolute Gasteiger partial charge is 0.396 e. The zero-order valence-electron chi connectivity index (χ0n) is 14.3. The first-order valence-corrected chi connectivity index (χ1v) is 9.06. The van der Waals surface area contributed by atoms with E-state index < -0.39 is 24.4 Å². The van der Waals surface area contributed by atoms with E-state index in [-0.39, 0.29) is 5.56 Å². The molecule has 1 unspecified atom stereocenters. The Bertz CT molecular complexity index is 564. The van der Waals surface area contributed by atoms with Crippen LogP contribution in [0.5, 0.6) is 0 Å². The Morgan fingerprint density at radius 2 is 1.76 bits per heavy atom. The number of hydrogen-bond donors (Lipinski definition) is 1. The van der Waals surface area contributed by atoms with E-state index in [1.807, 2.05) is 0 Å². The van der Waals surface area contributed by atoms with Crippen molar-refractivity contribution in [3.8, 4) is 0 Å². The van der Waals surface area contributed by atoms with Gasteiger partial charge in [-0.25, -0.2) is 0 Å². The molecule has 0 bridgehead atoms. The third-order valence-electron chi connectivity index (χ3n) is 5.22. The van der Waals surface area contributed by atoms with Gasteiger partial charge in [0.2, 0.25) is 5.91 Å². The summed E-state index contributed by atoms with van der Waals surface area (Å²) in [6.07, 6.45) is -0.693. The molecule has 6 heteroatoms. The minimum absolute atomic E-state index is 0.157. The van der Waals surface area contributed by atoms with Crippen molar-refractivity contribution in [2.24, 2.45) is 5.92 Å². The number of rotatable bonds is 6. The highest BCUT2D eigenvalue weighted by Crippen LogP contribution is 2.38. The summed E-state index contributed by atoms with van der Waals surface area (Å²) in [7, 11) is 0. The van der Waals surface area contributed by atoms with E-state index >= 15 is 0 Å². The maximum absolute atomic E-state index is 13.4. The number of benzene rings is 1. The van der Waals surface area contributed by atoms with Crippen LogP contribution in [0.3, 0.4) is 0 Å². The molecule has 0 aromatic heterocycles. The first kappa shape index (κ1) is 18.2. The number of carbonyl (C=O) groups excluding carboxylic acids is 1. The second-order valence-corrected chi connectivity index (χ2v) is 7.22. The molecule has 1 aromatic rings. The van der Waals surface area contributed by atoms with E-state index in [2.05, 4.69) is 5.32 Å². The molecule has 1 atom stereocenters. The molecule has 0 radical (unpaired) electrons. The van der Waals surface area contributed by atoms with Gasteiger partial charge in [-0.15, -0.1) is 0 Å². The van der Waals surface area contributed by atoms with Gasteiger partial charge >= 0.3 is 6.18 Å². The number of likely N-dealkylation sites (tertiary alicyclic amines) is 1. The second-order valence-electron chi connectivity index (χ2n) is 7.22. The fraction of sp³-hybridized carbons (Fsp3) is 0.632. The predicted molar refractivity (Wildman–Crippen MR) is 90.2 cm³/mol. The van der Waals surface area contributed by atoms with Crippen LogP contribution in [0.2, 0.25) is 0 Å². The van der Waals surface area contributed by atoms with E-state index in [4.69, 9.17) is 0 Å². The van der Waals surface area contributed by atoms with Crippen molar-refractivity contribution in [3.63, 3.8) is 0 Å². The quantitative estimate of drug-likeness (QED) is 0.845. The van der Waals surface area contributed by atoms with Gasteiger partial charge in [-0.2, -0.15) is 13.2 Å². The summed E-state index contributed by atoms with van der Waals surface area (Å²) >= 11 is 0. The molecule has 2 aliphatic rings. The monoisotopic (exact) mass is 354 g/mol. The van der Waals surface area contributed by atoms with Crippen LogP contribution in [0.1, 0.15) is 43.6 Å². The Kier molecular flexibility index (Phi) is 5.67. The van der Waals surface area contributed by atoms with Crippen LogP contribution in [-0.2, 0) is 4.79 Å². The Hall–Kier alpha value is -1.56. The van der Waals surface area contributed by atoms with E-state index in [9.17, 15) is 18.0 Å². The molecule has 1 aliphatic carbocycles. The summed E-state index contributed by atoms with van der Waals surface area (Å²) < 4.78 is 40.2. The third-order valence-corrected chi connectivity index (χ3v) is 5.22. The molecule has 1 aliphatic heterocycles. The van der Waals surface area contributed by atoms with Crippen molar-refractivity contribution < 1.29 is 18.0 Å². The van der Waals surface area contributed by atoms with Crippen LogP contribution in [0.15, 0.2) is 30.3 Å². The van der Waals surface area contributed by atoms with Crippen LogP contribution >= 0.6 is 0 Å². The lowest BCUT2D eigenvalue weighted by Gasteiger charge is -2.33. The topological polar surface area (TPSA) is 32.3 Å². The van der Waals surface area contributed by atoms with E-state index in [0.717, 1.165) is 25.3 Å².